The van der Waals surface area contributed by atoms with E-state index in [-0.39, 0.29) is 0 Å². The number of fused-ring (bicyclic) bond motifs is 3. The Labute approximate surface area is 82.3 Å². The fraction of sp³-hybridized carbons (Fsp3) is 0.182. The second-order valence-electron chi connectivity index (χ2n) is 3.51. The Balaban J connectivity index is 2.35. The van der Waals surface area contributed by atoms with Crippen LogP contribution >= 0.6 is 0 Å². The van der Waals surface area contributed by atoms with Gasteiger partial charge in [-0.3, -0.25) is 0 Å². The maximum atomic E-state index is 4.57. The number of rotatable bonds is 0. The van der Waals surface area contributed by atoms with Crippen LogP contribution in [0.2, 0.25) is 0 Å². The zero-order valence-corrected chi connectivity index (χ0v) is 8.01. The summed E-state index contributed by atoms with van der Waals surface area (Å²) in [6.07, 6.45) is 4.20. The lowest BCUT2D eigenvalue weighted by Gasteiger charge is -2.19. The van der Waals surface area contributed by atoms with Crippen LogP contribution in [0.25, 0.3) is 11.0 Å². The summed E-state index contributed by atoms with van der Waals surface area (Å²) in [5.74, 6) is 1.02. The Bertz CT molecular complexity index is 510. The van der Waals surface area contributed by atoms with Gasteiger partial charge in [-0.25, -0.2) is 4.98 Å². The normalized spacial score (nSPS) is 14.8. The fourth-order valence-electron chi connectivity index (χ4n) is 1.89. The van der Waals surface area contributed by atoms with Crippen LogP contribution in [0, 0.1) is 0 Å². The number of hydrogen-bond donors (Lipinski definition) is 0. The first-order chi connectivity index (χ1) is 6.86. The Hall–Kier alpha value is -1.77. The van der Waals surface area contributed by atoms with Crippen molar-refractivity contribution in [3.8, 4) is 0 Å². The molecule has 0 atom stereocenters. The van der Waals surface area contributed by atoms with E-state index >= 15 is 0 Å². The van der Waals surface area contributed by atoms with E-state index in [1.807, 2.05) is 18.0 Å². The molecule has 0 N–H and O–H groups in total. The molecule has 0 aliphatic carbocycles. The number of nitrogens with zero attached hydrogens (tertiary/aromatic N) is 3. The van der Waals surface area contributed by atoms with Gasteiger partial charge < -0.3 is 9.47 Å². The molecular weight excluding hydrogens is 174 g/mol. The van der Waals surface area contributed by atoms with Crippen molar-refractivity contribution < 1.29 is 0 Å². The van der Waals surface area contributed by atoms with Crippen molar-refractivity contribution in [3.05, 3.63) is 36.5 Å². The molecule has 2 aromatic rings. The molecule has 3 rings (SSSR count). The number of benzene rings is 1. The molecule has 0 saturated heterocycles. The monoisotopic (exact) mass is 185 g/mol. The molecule has 3 heteroatoms. The maximum absolute atomic E-state index is 4.57. The first-order valence-corrected chi connectivity index (χ1v) is 4.71. The van der Waals surface area contributed by atoms with Gasteiger partial charge in [-0.2, -0.15) is 0 Å². The predicted octanol–water partition coefficient (Wildman–Crippen LogP) is 2.00. The van der Waals surface area contributed by atoms with Gasteiger partial charge in [0.1, 0.15) is 0 Å². The average Bonchev–Trinajstić information content (AvgIpc) is 2.59. The van der Waals surface area contributed by atoms with Crippen LogP contribution in [0.1, 0.15) is 0 Å². The standard InChI is InChI=1S/C11H11N3/c1-13-7-4-8-14-10-6-3-2-5-9(10)12-11(13)14/h2-7H,8H2,1H3. The molecule has 1 aromatic carbocycles. The van der Waals surface area contributed by atoms with Gasteiger partial charge in [0.05, 0.1) is 11.0 Å². The van der Waals surface area contributed by atoms with Gasteiger partial charge in [-0.15, -0.1) is 0 Å². The molecule has 1 aliphatic heterocycles. The molecule has 0 amide bonds. The number of imidazole rings is 1. The summed E-state index contributed by atoms with van der Waals surface area (Å²) in [6, 6.07) is 8.23. The first-order valence-electron chi connectivity index (χ1n) is 4.71. The quantitative estimate of drug-likeness (QED) is 0.626. The lowest BCUT2D eigenvalue weighted by atomic mass is 10.3. The van der Waals surface area contributed by atoms with Gasteiger partial charge in [0, 0.05) is 19.8 Å². The van der Waals surface area contributed by atoms with Crippen LogP contribution in [-0.4, -0.2) is 16.6 Å². The average molecular weight is 185 g/mol. The molecule has 1 aromatic heterocycles. The van der Waals surface area contributed by atoms with Crippen LogP contribution in [0.4, 0.5) is 5.95 Å². The number of hydrogen-bond acceptors (Lipinski definition) is 2. The molecule has 3 nitrogen and oxygen atoms in total. The summed E-state index contributed by atoms with van der Waals surface area (Å²) >= 11 is 0. The minimum absolute atomic E-state index is 0.917. The summed E-state index contributed by atoms with van der Waals surface area (Å²) in [5, 5.41) is 0. The second-order valence-corrected chi connectivity index (χ2v) is 3.51. The van der Waals surface area contributed by atoms with Gasteiger partial charge in [0.25, 0.3) is 0 Å². The van der Waals surface area contributed by atoms with E-state index in [4.69, 9.17) is 0 Å². The van der Waals surface area contributed by atoms with Crippen molar-refractivity contribution in [2.24, 2.45) is 0 Å². The SMILES string of the molecule is CN1C=CCn2c1nc1ccccc12. The Morgan fingerprint density at radius 2 is 2.14 bits per heavy atom. The topological polar surface area (TPSA) is 21.1 Å². The van der Waals surface area contributed by atoms with Crippen molar-refractivity contribution >= 4 is 17.0 Å². The van der Waals surface area contributed by atoms with Crippen LogP contribution in [0.15, 0.2) is 36.5 Å². The highest BCUT2D eigenvalue weighted by atomic mass is 15.3. The molecular formula is C11H11N3. The van der Waals surface area contributed by atoms with Crippen molar-refractivity contribution in [1.82, 2.24) is 9.55 Å². The van der Waals surface area contributed by atoms with Gasteiger partial charge in [0.15, 0.2) is 0 Å². The molecule has 0 radical (unpaired) electrons. The smallest absolute Gasteiger partial charge is 0.210 e. The van der Waals surface area contributed by atoms with E-state index in [0.29, 0.717) is 0 Å². The summed E-state index contributed by atoms with van der Waals surface area (Å²) in [4.78, 5) is 6.62. The highest BCUT2D eigenvalue weighted by Crippen LogP contribution is 2.24. The molecule has 0 unspecified atom stereocenters. The summed E-state index contributed by atoms with van der Waals surface area (Å²) < 4.78 is 2.22. The molecule has 1 aliphatic rings. The minimum Gasteiger partial charge on any atom is -0.322 e. The number of aromatic nitrogens is 2. The Morgan fingerprint density at radius 3 is 3.07 bits per heavy atom. The molecule has 0 saturated carbocycles. The number of para-hydroxylation sites is 2. The first kappa shape index (κ1) is 7.62. The third-order valence-electron chi connectivity index (χ3n) is 2.57. The zero-order chi connectivity index (χ0) is 9.54. The highest BCUT2D eigenvalue weighted by molar-refractivity contribution is 5.79. The molecule has 0 bridgehead atoms. The zero-order valence-electron chi connectivity index (χ0n) is 8.01. The van der Waals surface area contributed by atoms with E-state index in [0.717, 1.165) is 18.0 Å². The predicted molar refractivity (Wildman–Crippen MR) is 57.3 cm³/mol. The molecule has 2 heterocycles. The minimum atomic E-state index is 0.917. The summed E-state index contributed by atoms with van der Waals surface area (Å²) in [5.41, 5.74) is 2.27. The van der Waals surface area contributed by atoms with Crippen molar-refractivity contribution in [1.29, 1.82) is 0 Å². The number of anilines is 1. The number of allylic oxidation sites excluding steroid dienone is 1. The van der Waals surface area contributed by atoms with E-state index in [2.05, 4.69) is 40.0 Å². The molecule has 70 valence electrons. The van der Waals surface area contributed by atoms with E-state index in [9.17, 15) is 0 Å². The highest BCUT2D eigenvalue weighted by Gasteiger charge is 2.14. The Kier molecular flexibility index (Phi) is 1.42. The van der Waals surface area contributed by atoms with E-state index < -0.39 is 0 Å². The third-order valence-corrected chi connectivity index (χ3v) is 2.57. The van der Waals surface area contributed by atoms with Crippen molar-refractivity contribution in [3.63, 3.8) is 0 Å². The van der Waals surface area contributed by atoms with Gasteiger partial charge in [0.2, 0.25) is 5.95 Å². The van der Waals surface area contributed by atoms with E-state index in [1.165, 1.54) is 5.52 Å². The van der Waals surface area contributed by atoms with Gasteiger partial charge in [-0.1, -0.05) is 12.1 Å². The van der Waals surface area contributed by atoms with Crippen molar-refractivity contribution in [2.75, 3.05) is 11.9 Å². The van der Waals surface area contributed by atoms with Crippen LogP contribution in [0.5, 0.6) is 0 Å². The van der Waals surface area contributed by atoms with Crippen LogP contribution < -0.4 is 4.90 Å². The second kappa shape index (κ2) is 2.61. The van der Waals surface area contributed by atoms with Crippen LogP contribution in [0.3, 0.4) is 0 Å². The molecule has 0 spiro atoms. The van der Waals surface area contributed by atoms with Gasteiger partial charge >= 0.3 is 0 Å². The summed E-state index contributed by atoms with van der Waals surface area (Å²) in [7, 11) is 2.02. The maximum Gasteiger partial charge on any atom is 0.210 e. The van der Waals surface area contributed by atoms with Crippen molar-refractivity contribution in [2.45, 2.75) is 6.54 Å². The third kappa shape index (κ3) is 0.894. The fourth-order valence-corrected chi connectivity index (χ4v) is 1.89. The Morgan fingerprint density at radius 1 is 1.29 bits per heavy atom. The van der Waals surface area contributed by atoms with Gasteiger partial charge in [-0.05, 0) is 18.2 Å². The van der Waals surface area contributed by atoms with E-state index in [1.54, 1.807) is 0 Å². The molecule has 0 fully saturated rings. The lowest BCUT2D eigenvalue weighted by Crippen LogP contribution is -2.18. The van der Waals surface area contributed by atoms with Crippen LogP contribution in [-0.2, 0) is 6.54 Å². The summed E-state index contributed by atoms with van der Waals surface area (Å²) in [6.45, 7) is 0.917. The lowest BCUT2D eigenvalue weighted by molar-refractivity contribution is 0.800. The largest absolute Gasteiger partial charge is 0.322 e. The molecule has 14 heavy (non-hydrogen) atoms.